The van der Waals surface area contributed by atoms with Crippen LogP contribution in [0.25, 0.3) is 11.2 Å². The molecule has 0 aliphatic heterocycles. The molecule has 0 saturated carbocycles. The molecule has 3 rings (SSSR count). The number of nitrogens with two attached hydrogens (primary N) is 1. The molecule has 0 radical (unpaired) electrons. The van der Waals surface area contributed by atoms with Crippen molar-refractivity contribution in [3.05, 3.63) is 45.4 Å². The van der Waals surface area contributed by atoms with E-state index in [9.17, 15) is 4.79 Å². The number of aryl methyl sites for hydroxylation is 1. The summed E-state index contributed by atoms with van der Waals surface area (Å²) in [5.74, 6) is 0.859. The lowest BCUT2D eigenvalue weighted by molar-refractivity contribution is 0.761. The number of anilines is 1. The molecule has 0 unspecified atom stereocenters. The second-order valence-electron chi connectivity index (χ2n) is 5.12. The van der Waals surface area contributed by atoms with Crippen LogP contribution in [-0.2, 0) is 13.0 Å². The summed E-state index contributed by atoms with van der Waals surface area (Å²) in [6, 6.07) is 3.48. The fourth-order valence-corrected chi connectivity index (χ4v) is 2.77. The average Bonchev–Trinajstić information content (AvgIpc) is 2.75. The first kappa shape index (κ1) is 15.8. The zero-order chi connectivity index (χ0) is 16.6. The number of hydrogen-bond acceptors (Lipinski definition) is 6. The number of rotatable bonds is 4. The third-order valence-electron chi connectivity index (χ3n) is 3.42. The smallest absolute Gasteiger partial charge is 0.340 e. The van der Waals surface area contributed by atoms with Crippen LogP contribution in [0.4, 0.5) is 5.82 Å². The molecule has 3 aromatic heterocycles. The summed E-state index contributed by atoms with van der Waals surface area (Å²) in [5.41, 5.74) is 7.37. The zero-order valence-electron chi connectivity index (χ0n) is 12.4. The Morgan fingerprint density at radius 3 is 2.78 bits per heavy atom. The second-order valence-corrected chi connectivity index (χ2v) is 5.90. The molecule has 23 heavy (non-hydrogen) atoms. The number of pyridine rings is 1. The highest BCUT2D eigenvalue weighted by molar-refractivity contribution is 7.78. The SMILES string of the molecule is CCCc1nc(N)c2c(n1)n(Cc1ccc(Cl)nc1)c(=O)n2S. The van der Waals surface area contributed by atoms with Gasteiger partial charge < -0.3 is 5.73 Å². The molecule has 0 spiro atoms. The van der Waals surface area contributed by atoms with Crippen molar-refractivity contribution < 1.29 is 0 Å². The van der Waals surface area contributed by atoms with Crippen molar-refractivity contribution >= 4 is 41.4 Å². The van der Waals surface area contributed by atoms with Gasteiger partial charge in [-0.25, -0.2) is 23.7 Å². The highest BCUT2D eigenvalue weighted by Gasteiger charge is 2.18. The van der Waals surface area contributed by atoms with Crippen LogP contribution in [0.15, 0.2) is 23.1 Å². The van der Waals surface area contributed by atoms with Crippen LogP contribution in [0.5, 0.6) is 0 Å². The number of imidazole rings is 1. The summed E-state index contributed by atoms with van der Waals surface area (Å²) in [7, 11) is 0. The molecule has 0 aromatic carbocycles. The highest BCUT2D eigenvalue weighted by Crippen LogP contribution is 2.19. The van der Waals surface area contributed by atoms with E-state index in [0.717, 1.165) is 12.0 Å². The van der Waals surface area contributed by atoms with Crippen LogP contribution in [-0.4, -0.2) is 23.5 Å². The Hall–Kier alpha value is -2.06. The maximum atomic E-state index is 12.5. The molecular formula is C14H15ClN6OS. The van der Waals surface area contributed by atoms with Crippen LogP contribution in [0, 0.1) is 0 Å². The van der Waals surface area contributed by atoms with E-state index >= 15 is 0 Å². The molecule has 3 aromatic rings. The standard InChI is InChI=1S/C14H15ClN6OS/c1-2-3-10-18-12(16)11-13(19-10)20(14(22)21(11)23)7-8-4-5-9(15)17-6-8/h4-6,23H,2-3,7H2,1H3,(H2,16,18,19). The molecule has 0 saturated heterocycles. The predicted molar refractivity (Wildman–Crippen MR) is 92.9 cm³/mol. The predicted octanol–water partition coefficient (Wildman–Crippen LogP) is 1.92. The summed E-state index contributed by atoms with van der Waals surface area (Å²) in [6.07, 6.45) is 3.19. The number of nitrogen functional groups attached to an aromatic ring is 1. The van der Waals surface area contributed by atoms with Crippen LogP contribution < -0.4 is 11.4 Å². The van der Waals surface area contributed by atoms with Crippen LogP contribution in [0.2, 0.25) is 5.15 Å². The van der Waals surface area contributed by atoms with Crippen molar-refractivity contribution in [3.8, 4) is 0 Å². The third kappa shape index (κ3) is 2.91. The van der Waals surface area contributed by atoms with Crippen molar-refractivity contribution in [2.45, 2.75) is 26.3 Å². The van der Waals surface area contributed by atoms with E-state index in [2.05, 4.69) is 27.8 Å². The third-order valence-corrected chi connectivity index (χ3v) is 4.02. The molecule has 0 aliphatic rings. The van der Waals surface area contributed by atoms with Gasteiger partial charge in [-0.1, -0.05) is 37.4 Å². The normalized spacial score (nSPS) is 11.3. The van der Waals surface area contributed by atoms with E-state index in [1.807, 2.05) is 6.92 Å². The van der Waals surface area contributed by atoms with Crippen LogP contribution >= 0.6 is 24.4 Å². The van der Waals surface area contributed by atoms with Gasteiger partial charge in [-0.3, -0.25) is 4.57 Å². The van der Waals surface area contributed by atoms with E-state index in [1.165, 1.54) is 8.54 Å². The maximum absolute atomic E-state index is 12.5. The summed E-state index contributed by atoms with van der Waals surface area (Å²) < 4.78 is 2.67. The fraction of sp³-hybridized carbons (Fsp3) is 0.286. The molecule has 0 atom stereocenters. The fourth-order valence-electron chi connectivity index (χ4n) is 2.36. The largest absolute Gasteiger partial charge is 0.382 e. The quantitative estimate of drug-likeness (QED) is 0.554. The van der Waals surface area contributed by atoms with Gasteiger partial charge in [0.2, 0.25) is 0 Å². The van der Waals surface area contributed by atoms with Crippen LogP contribution in [0.1, 0.15) is 24.7 Å². The van der Waals surface area contributed by atoms with E-state index in [4.69, 9.17) is 17.3 Å². The van der Waals surface area contributed by atoms with Crippen molar-refractivity contribution in [1.82, 2.24) is 23.5 Å². The number of hydrogen-bond donors (Lipinski definition) is 2. The van der Waals surface area contributed by atoms with Gasteiger partial charge in [0.25, 0.3) is 0 Å². The number of thiol groups is 1. The molecule has 2 N–H and O–H groups in total. The zero-order valence-corrected chi connectivity index (χ0v) is 14.1. The van der Waals surface area contributed by atoms with Crippen molar-refractivity contribution in [1.29, 1.82) is 0 Å². The maximum Gasteiger partial charge on any atom is 0.340 e. The monoisotopic (exact) mass is 350 g/mol. The molecule has 0 bridgehead atoms. The average molecular weight is 351 g/mol. The first-order valence-electron chi connectivity index (χ1n) is 7.08. The molecule has 0 amide bonds. The number of fused-ring (bicyclic) bond motifs is 1. The number of halogens is 1. The minimum Gasteiger partial charge on any atom is -0.382 e. The van der Waals surface area contributed by atoms with E-state index < -0.39 is 0 Å². The Morgan fingerprint density at radius 1 is 1.35 bits per heavy atom. The number of nitrogens with zero attached hydrogens (tertiary/aromatic N) is 5. The first-order chi connectivity index (χ1) is 11.0. The summed E-state index contributed by atoms with van der Waals surface area (Å²) in [6.45, 7) is 2.33. The van der Waals surface area contributed by atoms with Gasteiger partial charge in [-0.15, -0.1) is 0 Å². The van der Waals surface area contributed by atoms with Crippen LogP contribution in [0.3, 0.4) is 0 Å². The Morgan fingerprint density at radius 2 is 2.13 bits per heavy atom. The summed E-state index contributed by atoms with van der Waals surface area (Å²) >= 11 is 10.00. The molecular weight excluding hydrogens is 336 g/mol. The Kier molecular flexibility index (Phi) is 4.27. The van der Waals surface area contributed by atoms with E-state index in [0.29, 0.717) is 35.1 Å². The highest BCUT2D eigenvalue weighted by atomic mass is 35.5. The lowest BCUT2D eigenvalue weighted by atomic mass is 10.3. The van der Waals surface area contributed by atoms with Crippen molar-refractivity contribution in [2.24, 2.45) is 0 Å². The molecule has 7 nitrogen and oxygen atoms in total. The summed E-state index contributed by atoms with van der Waals surface area (Å²) in [5, 5.41) is 0.398. The van der Waals surface area contributed by atoms with Gasteiger partial charge in [-0.05, 0) is 18.1 Å². The lowest BCUT2D eigenvalue weighted by Crippen LogP contribution is -2.21. The second kappa shape index (κ2) is 6.21. The number of aromatic nitrogens is 5. The van der Waals surface area contributed by atoms with E-state index in [1.54, 1.807) is 18.3 Å². The van der Waals surface area contributed by atoms with Crippen molar-refractivity contribution in [2.75, 3.05) is 5.73 Å². The minimum atomic E-state index is -0.326. The van der Waals surface area contributed by atoms with Gasteiger partial charge in [0, 0.05) is 12.6 Å². The van der Waals surface area contributed by atoms with Gasteiger partial charge in [0.15, 0.2) is 11.5 Å². The minimum absolute atomic E-state index is 0.249. The molecule has 120 valence electrons. The van der Waals surface area contributed by atoms with Gasteiger partial charge >= 0.3 is 5.69 Å². The lowest BCUT2D eigenvalue weighted by Gasteiger charge is -2.05. The van der Waals surface area contributed by atoms with Gasteiger partial charge in [0.1, 0.15) is 16.5 Å². The van der Waals surface area contributed by atoms with Crippen molar-refractivity contribution in [3.63, 3.8) is 0 Å². The van der Waals surface area contributed by atoms with Gasteiger partial charge in [-0.2, -0.15) is 0 Å². The van der Waals surface area contributed by atoms with E-state index in [-0.39, 0.29) is 11.5 Å². The van der Waals surface area contributed by atoms with Gasteiger partial charge in [0.05, 0.1) is 6.54 Å². The first-order valence-corrected chi connectivity index (χ1v) is 7.86. The molecule has 3 heterocycles. The topological polar surface area (TPSA) is 91.6 Å². The molecule has 0 fully saturated rings. The molecule has 9 heteroatoms. The Labute approximate surface area is 142 Å². The summed E-state index contributed by atoms with van der Waals surface area (Å²) in [4.78, 5) is 25.2. The Balaban J connectivity index is 2.17. The Bertz CT molecular complexity index is 918. The molecule has 0 aliphatic carbocycles.